The topological polar surface area (TPSA) is 91.4 Å². The Morgan fingerprint density at radius 3 is 2.31 bits per heavy atom. The molecule has 0 aliphatic carbocycles. The minimum Gasteiger partial charge on any atom is -0.357 e. The molecule has 1 aliphatic heterocycles. The minimum absolute atomic E-state index is 0.0392. The Bertz CT molecular complexity index is 1260. The number of sulfonamides is 1. The monoisotopic (exact) mass is 492 g/mol. The van der Waals surface area contributed by atoms with Crippen molar-refractivity contribution >= 4 is 27.4 Å². The van der Waals surface area contributed by atoms with Gasteiger partial charge in [-0.25, -0.2) is 13.4 Å². The number of hydrogen-bond acceptors (Lipinski definition) is 5. The zero-order chi connectivity index (χ0) is 24.8. The molecular formula is C27H32N4O3S. The number of nitrogens with zero attached hydrogens (tertiary/aromatic N) is 2. The van der Waals surface area contributed by atoms with Crippen molar-refractivity contribution in [2.75, 3.05) is 22.7 Å². The first-order valence-electron chi connectivity index (χ1n) is 12.0. The number of aromatic nitrogens is 1. The van der Waals surface area contributed by atoms with Crippen molar-refractivity contribution in [2.24, 2.45) is 0 Å². The summed E-state index contributed by atoms with van der Waals surface area (Å²) >= 11 is 0. The maximum atomic E-state index is 12.9. The first kappa shape index (κ1) is 24.7. The molecule has 1 aliphatic rings. The van der Waals surface area contributed by atoms with Crippen LogP contribution in [0.15, 0.2) is 65.7 Å². The van der Waals surface area contributed by atoms with Crippen LogP contribution in [0, 0.1) is 13.8 Å². The van der Waals surface area contributed by atoms with Crippen molar-refractivity contribution < 1.29 is 13.2 Å². The number of aryl methyl sites for hydroxylation is 2. The summed E-state index contributed by atoms with van der Waals surface area (Å²) in [5, 5.41) is 2.89. The highest BCUT2D eigenvalue weighted by Gasteiger charge is 2.18. The van der Waals surface area contributed by atoms with Crippen LogP contribution in [0.25, 0.3) is 0 Å². The van der Waals surface area contributed by atoms with Gasteiger partial charge in [-0.15, -0.1) is 0 Å². The van der Waals surface area contributed by atoms with E-state index in [0.717, 1.165) is 30.0 Å². The largest absolute Gasteiger partial charge is 0.357 e. The molecule has 0 saturated carbocycles. The summed E-state index contributed by atoms with van der Waals surface area (Å²) in [6.45, 7) is 6.09. The smallest absolute Gasteiger partial charge is 0.261 e. The fourth-order valence-electron chi connectivity index (χ4n) is 4.13. The SMILES string of the molecule is Cc1ccc(NS(=O)(=O)c2ccc(C)c(C(=O)NCc3ccc(N4CCCCCC4)nc3)c2)cc1. The molecule has 184 valence electrons. The highest BCUT2D eigenvalue weighted by Crippen LogP contribution is 2.21. The zero-order valence-corrected chi connectivity index (χ0v) is 21.1. The molecule has 3 aromatic rings. The Kier molecular flexibility index (Phi) is 7.70. The van der Waals surface area contributed by atoms with Gasteiger partial charge < -0.3 is 10.2 Å². The van der Waals surface area contributed by atoms with Crippen LogP contribution in [0.3, 0.4) is 0 Å². The van der Waals surface area contributed by atoms with E-state index in [1.165, 1.54) is 37.8 Å². The van der Waals surface area contributed by atoms with Crippen LogP contribution in [0.1, 0.15) is 52.7 Å². The van der Waals surface area contributed by atoms with Gasteiger partial charge in [-0.1, -0.05) is 42.7 Å². The van der Waals surface area contributed by atoms with Crippen LogP contribution in [0.5, 0.6) is 0 Å². The molecular weight excluding hydrogens is 460 g/mol. The molecule has 7 nitrogen and oxygen atoms in total. The molecule has 35 heavy (non-hydrogen) atoms. The molecule has 0 atom stereocenters. The maximum absolute atomic E-state index is 12.9. The molecule has 1 aromatic heterocycles. The van der Waals surface area contributed by atoms with E-state index in [2.05, 4.69) is 19.9 Å². The molecule has 0 spiro atoms. The molecule has 0 bridgehead atoms. The molecule has 0 radical (unpaired) electrons. The average molecular weight is 493 g/mol. The minimum atomic E-state index is -3.83. The van der Waals surface area contributed by atoms with Crippen molar-refractivity contribution in [3.8, 4) is 0 Å². The van der Waals surface area contributed by atoms with Crippen LogP contribution < -0.4 is 14.9 Å². The molecule has 0 unspecified atom stereocenters. The Morgan fingerprint density at radius 2 is 1.66 bits per heavy atom. The Morgan fingerprint density at radius 1 is 0.943 bits per heavy atom. The van der Waals surface area contributed by atoms with Crippen molar-refractivity contribution in [2.45, 2.75) is 51.0 Å². The average Bonchev–Trinajstić information content (AvgIpc) is 3.14. The summed E-state index contributed by atoms with van der Waals surface area (Å²) in [6, 6.07) is 15.6. The van der Waals surface area contributed by atoms with Gasteiger partial charge in [-0.05, 0) is 68.1 Å². The first-order chi connectivity index (χ1) is 16.8. The molecule has 8 heteroatoms. The Labute approximate surface area is 207 Å². The number of hydrogen-bond donors (Lipinski definition) is 2. The van der Waals surface area contributed by atoms with Crippen molar-refractivity contribution in [3.05, 3.63) is 83.0 Å². The van der Waals surface area contributed by atoms with Gasteiger partial charge in [0.05, 0.1) is 4.90 Å². The van der Waals surface area contributed by atoms with Crippen LogP contribution in [0.2, 0.25) is 0 Å². The van der Waals surface area contributed by atoms with E-state index in [4.69, 9.17) is 0 Å². The molecule has 1 saturated heterocycles. The molecule has 1 fully saturated rings. The normalized spacial score (nSPS) is 14.3. The summed E-state index contributed by atoms with van der Waals surface area (Å²) in [5.74, 6) is 0.642. The number of anilines is 2. The van der Waals surface area contributed by atoms with Crippen LogP contribution in [0.4, 0.5) is 11.5 Å². The maximum Gasteiger partial charge on any atom is 0.261 e. The fraction of sp³-hybridized carbons (Fsp3) is 0.333. The van der Waals surface area contributed by atoms with Crippen LogP contribution >= 0.6 is 0 Å². The number of nitrogens with one attached hydrogen (secondary N) is 2. The first-order valence-corrected chi connectivity index (χ1v) is 13.5. The number of amides is 1. The highest BCUT2D eigenvalue weighted by atomic mass is 32.2. The van der Waals surface area contributed by atoms with E-state index < -0.39 is 10.0 Å². The summed E-state index contributed by atoms with van der Waals surface area (Å²) < 4.78 is 28.3. The van der Waals surface area contributed by atoms with Crippen molar-refractivity contribution in [1.82, 2.24) is 10.3 Å². The van der Waals surface area contributed by atoms with Crippen LogP contribution in [-0.2, 0) is 16.6 Å². The molecule has 2 heterocycles. The molecule has 2 N–H and O–H groups in total. The number of carbonyl (C=O) groups is 1. The van der Waals surface area contributed by atoms with Gasteiger partial charge in [-0.3, -0.25) is 9.52 Å². The lowest BCUT2D eigenvalue weighted by molar-refractivity contribution is 0.0950. The van der Waals surface area contributed by atoms with E-state index in [1.807, 2.05) is 31.2 Å². The van der Waals surface area contributed by atoms with Crippen molar-refractivity contribution in [1.29, 1.82) is 0 Å². The van der Waals surface area contributed by atoms with E-state index in [-0.39, 0.29) is 10.8 Å². The molecule has 2 aromatic carbocycles. The lowest BCUT2D eigenvalue weighted by Crippen LogP contribution is -2.26. The number of benzene rings is 2. The second-order valence-corrected chi connectivity index (χ2v) is 10.7. The van der Waals surface area contributed by atoms with Gasteiger partial charge in [0, 0.05) is 37.1 Å². The van der Waals surface area contributed by atoms with Gasteiger partial charge in [0.2, 0.25) is 0 Å². The Hall–Kier alpha value is -3.39. The molecule has 4 rings (SSSR count). The van der Waals surface area contributed by atoms with Gasteiger partial charge in [0.25, 0.3) is 15.9 Å². The number of carbonyl (C=O) groups excluding carboxylic acids is 1. The predicted octanol–water partition coefficient (Wildman–Crippen LogP) is 4.81. The predicted molar refractivity (Wildman–Crippen MR) is 139 cm³/mol. The van der Waals surface area contributed by atoms with Crippen LogP contribution in [-0.4, -0.2) is 32.4 Å². The molecule has 1 amide bonds. The second-order valence-electron chi connectivity index (χ2n) is 9.06. The van der Waals surface area contributed by atoms with Gasteiger partial charge >= 0.3 is 0 Å². The second kappa shape index (κ2) is 10.9. The van der Waals surface area contributed by atoms with E-state index in [0.29, 0.717) is 23.4 Å². The highest BCUT2D eigenvalue weighted by molar-refractivity contribution is 7.92. The third-order valence-corrected chi connectivity index (χ3v) is 7.64. The Balaban J connectivity index is 1.42. The lowest BCUT2D eigenvalue weighted by atomic mass is 10.1. The summed E-state index contributed by atoms with van der Waals surface area (Å²) in [5.41, 5.74) is 3.42. The summed E-state index contributed by atoms with van der Waals surface area (Å²) in [4.78, 5) is 19.9. The van der Waals surface area contributed by atoms with E-state index in [1.54, 1.807) is 31.3 Å². The third kappa shape index (κ3) is 6.39. The summed E-state index contributed by atoms with van der Waals surface area (Å²) in [6.07, 6.45) is 6.71. The van der Waals surface area contributed by atoms with Gasteiger partial charge in [0.15, 0.2) is 0 Å². The zero-order valence-electron chi connectivity index (χ0n) is 20.3. The van der Waals surface area contributed by atoms with E-state index >= 15 is 0 Å². The van der Waals surface area contributed by atoms with Gasteiger partial charge in [-0.2, -0.15) is 0 Å². The quantitative estimate of drug-likeness (QED) is 0.494. The third-order valence-electron chi connectivity index (χ3n) is 6.26. The lowest BCUT2D eigenvalue weighted by Gasteiger charge is -2.21. The number of pyridine rings is 1. The summed E-state index contributed by atoms with van der Waals surface area (Å²) in [7, 11) is -3.83. The van der Waals surface area contributed by atoms with E-state index in [9.17, 15) is 13.2 Å². The fourth-order valence-corrected chi connectivity index (χ4v) is 5.22. The van der Waals surface area contributed by atoms with Gasteiger partial charge in [0.1, 0.15) is 5.82 Å². The number of rotatable bonds is 7. The standard InChI is InChI=1S/C27H32N4O3S/c1-20-7-11-23(12-8-20)30-35(33,34)24-13-9-21(2)25(17-24)27(32)29-19-22-10-14-26(28-18-22)31-15-5-3-4-6-16-31/h7-14,17-18,30H,3-6,15-16,19H2,1-2H3,(H,29,32). The van der Waals surface area contributed by atoms with Crippen molar-refractivity contribution in [3.63, 3.8) is 0 Å².